The molecule has 1 unspecified atom stereocenters. The number of hydrogen-bond donors (Lipinski definition) is 2. The Labute approximate surface area is 131 Å². The number of amides is 2. The normalized spacial score (nSPS) is 16.8. The smallest absolute Gasteiger partial charge is 0.253 e. The lowest BCUT2D eigenvalue weighted by atomic mass is 9.95. The van der Waals surface area contributed by atoms with E-state index in [1.165, 1.54) is 31.7 Å². The molecule has 0 aliphatic heterocycles. The van der Waals surface area contributed by atoms with E-state index in [2.05, 4.69) is 15.6 Å². The fourth-order valence-corrected chi connectivity index (χ4v) is 2.61. The number of carbonyl (C=O) groups excluding carboxylic acids is 2. The summed E-state index contributed by atoms with van der Waals surface area (Å²) >= 11 is 0. The predicted octanol–water partition coefficient (Wildman–Crippen LogP) is 2.67. The fraction of sp³-hybridized carbons (Fsp3) is 0.588. The third kappa shape index (κ3) is 4.55. The third-order valence-corrected chi connectivity index (χ3v) is 4.19. The van der Waals surface area contributed by atoms with E-state index in [0.717, 1.165) is 19.3 Å². The highest BCUT2D eigenvalue weighted by Crippen LogP contribution is 2.17. The highest BCUT2D eigenvalue weighted by atomic mass is 16.2. The van der Waals surface area contributed by atoms with Gasteiger partial charge in [-0.25, -0.2) is 0 Å². The average molecular weight is 303 g/mol. The van der Waals surface area contributed by atoms with E-state index in [0.29, 0.717) is 11.1 Å². The molecule has 1 saturated carbocycles. The summed E-state index contributed by atoms with van der Waals surface area (Å²) in [6, 6.07) is 1.97. The first-order valence-corrected chi connectivity index (χ1v) is 8.17. The molecule has 1 aromatic rings. The van der Waals surface area contributed by atoms with Crippen LogP contribution in [0.5, 0.6) is 0 Å². The van der Waals surface area contributed by atoms with Crippen LogP contribution in [0.3, 0.4) is 0 Å². The van der Waals surface area contributed by atoms with Gasteiger partial charge in [0.25, 0.3) is 11.8 Å². The van der Waals surface area contributed by atoms with Crippen molar-refractivity contribution in [3.8, 4) is 0 Å². The van der Waals surface area contributed by atoms with Crippen LogP contribution >= 0.6 is 0 Å². The monoisotopic (exact) mass is 303 g/mol. The summed E-state index contributed by atoms with van der Waals surface area (Å²) in [5, 5.41) is 5.93. The van der Waals surface area contributed by atoms with Crippen LogP contribution in [0.15, 0.2) is 18.5 Å². The average Bonchev–Trinajstić information content (AvgIpc) is 2.55. The van der Waals surface area contributed by atoms with E-state index < -0.39 is 0 Å². The van der Waals surface area contributed by atoms with Gasteiger partial charge in [0, 0.05) is 24.5 Å². The molecular weight excluding hydrogens is 278 g/mol. The van der Waals surface area contributed by atoms with E-state index in [4.69, 9.17) is 0 Å². The van der Waals surface area contributed by atoms with Gasteiger partial charge >= 0.3 is 0 Å². The second-order valence-electron chi connectivity index (χ2n) is 6.05. The summed E-state index contributed by atoms with van der Waals surface area (Å²) in [7, 11) is 0. The summed E-state index contributed by atoms with van der Waals surface area (Å²) in [6.07, 6.45) is 9.52. The van der Waals surface area contributed by atoms with Crippen molar-refractivity contribution in [3.63, 3.8) is 0 Å². The Morgan fingerprint density at radius 2 is 1.82 bits per heavy atom. The second-order valence-corrected chi connectivity index (χ2v) is 6.05. The first-order valence-electron chi connectivity index (χ1n) is 8.17. The quantitative estimate of drug-likeness (QED) is 0.878. The molecule has 2 amide bonds. The van der Waals surface area contributed by atoms with E-state index in [-0.39, 0.29) is 23.9 Å². The predicted molar refractivity (Wildman–Crippen MR) is 85.8 cm³/mol. The van der Waals surface area contributed by atoms with E-state index in [1.54, 1.807) is 6.07 Å². The molecule has 0 saturated heterocycles. The van der Waals surface area contributed by atoms with Crippen molar-refractivity contribution in [3.05, 3.63) is 29.6 Å². The minimum absolute atomic E-state index is 0.104. The second kappa shape index (κ2) is 7.92. The molecule has 0 aromatic carbocycles. The number of carbonyl (C=O) groups is 2. The summed E-state index contributed by atoms with van der Waals surface area (Å²) in [5.41, 5.74) is 0.874. The highest BCUT2D eigenvalue weighted by molar-refractivity contribution is 5.99. The molecule has 2 N–H and O–H groups in total. The van der Waals surface area contributed by atoms with Gasteiger partial charge in [-0.05, 0) is 32.3 Å². The largest absolute Gasteiger partial charge is 0.350 e. The number of rotatable bonds is 5. The standard InChI is InChI=1S/C17H25N3O2/c1-3-12(2)19-16(21)13-9-14(11-18-10-13)17(22)20-15-7-5-4-6-8-15/h9-12,15H,3-8H2,1-2H3,(H,19,21)(H,20,22). The number of aromatic nitrogens is 1. The lowest BCUT2D eigenvalue weighted by Crippen LogP contribution is -2.36. The molecule has 120 valence electrons. The Morgan fingerprint density at radius 1 is 1.18 bits per heavy atom. The summed E-state index contributed by atoms with van der Waals surface area (Å²) in [4.78, 5) is 28.4. The molecule has 1 aliphatic rings. The van der Waals surface area contributed by atoms with Crippen LogP contribution in [0.2, 0.25) is 0 Å². The number of pyridine rings is 1. The summed E-state index contributed by atoms with van der Waals surface area (Å²) in [5.74, 6) is -0.327. The first-order chi connectivity index (χ1) is 10.6. The van der Waals surface area contributed by atoms with Crippen LogP contribution < -0.4 is 10.6 Å². The van der Waals surface area contributed by atoms with Crippen molar-refractivity contribution >= 4 is 11.8 Å². The van der Waals surface area contributed by atoms with Crippen LogP contribution in [0.1, 0.15) is 73.1 Å². The molecule has 0 bridgehead atoms. The Kier molecular flexibility index (Phi) is 5.92. The maximum Gasteiger partial charge on any atom is 0.253 e. The van der Waals surface area contributed by atoms with Crippen LogP contribution in [0, 0.1) is 0 Å². The van der Waals surface area contributed by atoms with E-state index >= 15 is 0 Å². The zero-order valence-corrected chi connectivity index (χ0v) is 13.4. The zero-order valence-electron chi connectivity index (χ0n) is 13.4. The SMILES string of the molecule is CCC(C)NC(=O)c1cncc(C(=O)NC2CCCCC2)c1. The molecule has 2 rings (SSSR count). The van der Waals surface area contributed by atoms with Gasteiger partial charge in [0.05, 0.1) is 11.1 Å². The minimum atomic E-state index is -0.186. The molecule has 5 heteroatoms. The summed E-state index contributed by atoms with van der Waals surface area (Å²) < 4.78 is 0. The van der Waals surface area contributed by atoms with Crippen molar-refractivity contribution in [2.24, 2.45) is 0 Å². The molecule has 0 radical (unpaired) electrons. The van der Waals surface area contributed by atoms with E-state index in [1.807, 2.05) is 13.8 Å². The van der Waals surface area contributed by atoms with Crippen molar-refractivity contribution in [1.82, 2.24) is 15.6 Å². The van der Waals surface area contributed by atoms with Crippen LogP contribution in [-0.4, -0.2) is 28.9 Å². The topological polar surface area (TPSA) is 71.1 Å². The van der Waals surface area contributed by atoms with Gasteiger partial charge in [0.15, 0.2) is 0 Å². The number of nitrogens with zero attached hydrogens (tertiary/aromatic N) is 1. The van der Waals surface area contributed by atoms with E-state index in [9.17, 15) is 9.59 Å². The van der Waals surface area contributed by atoms with Gasteiger partial charge in [0.1, 0.15) is 0 Å². The van der Waals surface area contributed by atoms with Gasteiger partial charge in [-0.3, -0.25) is 14.6 Å². The van der Waals surface area contributed by atoms with Crippen molar-refractivity contribution in [1.29, 1.82) is 0 Å². The number of nitrogens with one attached hydrogen (secondary N) is 2. The number of hydrogen-bond acceptors (Lipinski definition) is 3. The molecule has 1 aromatic heterocycles. The molecule has 1 aliphatic carbocycles. The molecule has 22 heavy (non-hydrogen) atoms. The van der Waals surface area contributed by atoms with Gasteiger partial charge in [-0.15, -0.1) is 0 Å². The highest BCUT2D eigenvalue weighted by Gasteiger charge is 2.18. The molecule has 0 spiro atoms. The summed E-state index contributed by atoms with van der Waals surface area (Å²) in [6.45, 7) is 3.96. The molecule has 1 atom stereocenters. The molecule has 5 nitrogen and oxygen atoms in total. The third-order valence-electron chi connectivity index (χ3n) is 4.19. The van der Waals surface area contributed by atoms with Crippen molar-refractivity contribution in [2.45, 2.75) is 64.5 Å². The molecule has 1 fully saturated rings. The van der Waals surface area contributed by atoms with Crippen molar-refractivity contribution < 1.29 is 9.59 Å². The van der Waals surface area contributed by atoms with Crippen LogP contribution in [-0.2, 0) is 0 Å². The Bertz CT molecular complexity index is 524. The lowest BCUT2D eigenvalue weighted by molar-refractivity contribution is 0.0927. The minimum Gasteiger partial charge on any atom is -0.350 e. The molecular formula is C17H25N3O2. The Morgan fingerprint density at radius 3 is 2.45 bits per heavy atom. The van der Waals surface area contributed by atoms with Gasteiger partial charge in [-0.1, -0.05) is 26.2 Å². The van der Waals surface area contributed by atoms with Gasteiger partial charge in [-0.2, -0.15) is 0 Å². The van der Waals surface area contributed by atoms with Crippen LogP contribution in [0.25, 0.3) is 0 Å². The Balaban J connectivity index is 2.00. The van der Waals surface area contributed by atoms with Gasteiger partial charge < -0.3 is 10.6 Å². The van der Waals surface area contributed by atoms with Gasteiger partial charge in [0.2, 0.25) is 0 Å². The van der Waals surface area contributed by atoms with Crippen LogP contribution in [0.4, 0.5) is 0 Å². The maximum absolute atomic E-state index is 12.3. The Hall–Kier alpha value is -1.91. The molecule has 1 heterocycles. The first kappa shape index (κ1) is 16.5. The fourth-order valence-electron chi connectivity index (χ4n) is 2.61. The zero-order chi connectivity index (χ0) is 15.9. The lowest BCUT2D eigenvalue weighted by Gasteiger charge is -2.22. The van der Waals surface area contributed by atoms with Crippen molar-refractivity contribution in [2.75, 3.05) is 0 Å². The maximum atomic E-state index is 12.3.